The van der Waals surface area contributed by atoms with Gasteiger partial charge in [-0.25, -0.2) is 0 Å². The highest BCUT2D eigenvalue weighted by Crippen LogP contribution is 2.10. The van der Waals surface area contributed by atoms with Crippen molar-refractivity contribution in [1.29, 1.82) is 0 Å². The summed E-state index contributed by atoms with van der Waals surface area (Å²) >= 11 is 0. The van der Waals surface area contributed by atoms with Gasteiger partial charge in [-0.15, -0.1) is 13.2 Å². The van der Waals surface area contributed by atoms with E-state index in [1.54, 1.807) is 19.1 Å². The van der Waals surface area contributed by atoms with Crippen LogP contribution < -0.4 is 10.6 Å². The third-order valence-electron chi connectivity index (χ3n) is 3.74. The Morgan fingerprint density at radius 1 is 1.14 bits per heavy atom. The van der Waals surface area contributed by atoms with Gasteiger partial charge in [0.1, 0.15) is 6.10 Å². The Balaban J connectivity index is 4.23. The molecule has 0 aromatic rings. The molecule has 0 aliphatic rings. The van der Waals surface area contributed by atoms with Crippen LogP contribution in [-0.4, -0.2) is 61.9 Å². The minimum atomic E-state index is -0.550. The smallest absolute Gasteiger partial charge is 0.306 e. The number of carbonyl (C=O) groups excluding carboxylic acids is 3. The van der Waals surface area contributed by atoms with Gasteiger partial charge in [0.15, 0.2) is 0 Å². The van der Waals surface area contributed by atoms with Crippen LogP contribution in [0.3, 0.4) is 0 Å². The first-order valence-corrected chi connectivity index (χ1v) is 9.58. The van der Waals surface area contributed by atoms with Crippen molar-refractivity contribution < 1.29 is 29.0 Å². The number of hydrogen-bond acceptors (Lipinski definition) is 6. The van der Waals surface area contributed by atoms with Crippen LogP contribution in [0.25, 0.3) is 0 Å². The molecule has 0 saturated carbocycles. The van der Waals surface area contributed by atoms with Crippen molar-refractivity contribution in [2.24, 2.45) is 5.92 Å². The molecule has 2 amide bonds. The highest BCUT2D eigenvalue weighted by atomic mass is 16.5. The minimum absolute atomic E-state index is 0.0214. The summed E-state index contributed by atoms with van der Waals surface area (Å²) in [6.45, 7) is 9.84. The second-order valence-electron chi connectivity index (χ2n) is 6.34. The molecule has 0 fully saturated rings. The third kappa shape index (κ3) is 13.9. The number of esters is 1. The summed E-state index contributed by atoms with van der Waals surface area (Å²) in [5.41, 5.74) is 0. The van der Waals surface area contributed by atoms with Crippen molar-refractivity contribution in [3.63, 3.8) is 0 Å². The Labute approximate surface area is 167 Å². The lowest BCUT2D eigenvalue weighted by atomic mass is 10.00. The SMILES string of the molecule is C=CCCCC(=O)OC(C)CNC(=O)C(CC=C)CC(=O)NCCOCCO. The molecule has 0 saturated heterocycles. The number of hydrogen-bond donors (Lipinski definition) is 3. The van der Waals surface area contributed by atoms with Gasteiger partial charge in [0, 0.05) is 19.4 Å². The molecule has 3 N–H and O–H groups in total. The number of aliphatic hydroxyl groups excluding tert-OH is 1. The van der Waals surface area contributed by atoms with Crippen LogP contribution in [0.5, 0.6) is 0 Å². The molecule has 0 spiro atoms. The monoisotopic (exact) mass is 398 g/mol. The van der Waals surface area contributed by atoms with E-state index in [-0.39, 0.29) is 44.0 Å². The molecule has 0 aromatic carbocycles. The van der Waals surface area contributed by atoms with E-state index < -0.39 is 12.0 Å². The first-order valence-electron chi connectivity index (χ1n) is 9.58. The van der Waals surface area contributed by atoms with Crippen LogP contribution in [0.15, 0.2) is 25.3 Å². The Bertz CT molecular complexity index is 495. The molecule has 28 heavy (non-hydrogen) atoms. The first kappa shape index (κ1) is 25.8. The largest absolute Gasteiger partial charge is 0.461 e. The second kappa shape index (κ2) is 16.9. The zero-order chi connectivity index (χ0) is 21.2. The lowest BCUT2D eigenvalue weighted by Crippen LogP contribution is -2.39. The van der Waals surface area contributed by atoms with Gasteiger partial charge >= 0.3 is 5.97 Å². The quantitative estimate of drug-likeness (QED) is 0.192. The van der Waals surface area contributed by atoms with Crippen LogP contribution >= 0.6 is 0 Å². The Morgan fingerprint density at radius 3 is 2.54 bits per heavy atom. The van der Waals surface area contributed by atoms with Gasteiger partial charge in [-0.2, -0.15) is 0 Å². The molecule has 8 nitrogen and oxygen atoms in total. The fraction of sp³-hybridized carbons (Fsp3) is 0.650. The van der Waals surface area contributed by atoms with Crippen LogP contribution in [0.4, 0.5) is 0 Å². The van der Waals surface area contributed by atoms with Gasteiger partial charge in [0.2, 0.25) is 11.8 Å². The number of amides is 2. The third-order valence-corrected chi connectivity index (χ3v) is 3.74. The van der Waals surface area contributed by atoms with Crippen LogP contribution in [0.2, 0.25) is 0 Å². The number of carbonyl (C=O) groups is 3. The van der Waals surface area contributed by atoms with E-state index >= 15 is 0 Å². The van der Waals surface area contributed by atoms with E-state index in [1.807, 2.05) is 0 Å². The maximum absolute atomic E-state index is 12.3. The summed E-state index contributed by atoms with van der Waals surface area (Å²) in [6, 6.07) is 0. The summed E-state index contributed by atoms with van der Waals surface area (Å²) < 4.78 is 10.3. The van der Waals surface area contributed by atoms with Crippen LogP contribution in [0, 0.1) is 5.92 Å². The second-order valence-corrected chi connectivity index (χ2v) is 6.34. The molecule has 0 rings (SSSR count). The standard InChI is InChI=1S/C20H34N2O6/c1-4-6-7-9-19(25)28-16(3)15-22-20(26)17(8-5-2)14-18(24)21-10-12-27-13-11-23/h4-5,16-17,23H,1-2,6-15H2,3H3,(H,21,24)(H,22,26). The average Bonchev–Trinajstić information content (AvgIpc) is 2.65. The molecule has 2 unspecified atom stereocenters. The molecule has 0 aliphatic carbocycles. The van der Waals surface area contributed by atoms with E-state index in [1.165, 1.54) is 0 Å². The average molecular weight is 399 g/mol. The molecule has 0 aliphatic heterocycles. The van der Waals surface area contributed by atoms with Crippen molar-refractivity contribution in [3.05, 3.63) is 25.3 Å². The van der Waals surface area contributed by atoms with Crippen molar-refractivity contribution in [1.82, 2.24) is 10.6 Å². The van der Waals surface area contributed by atoms with E-state index in [0.29, 0.717) is 32.4 Å². The number of rotatable bonds is 17. The summed E-state index contributed by atoms with van der Waals surface area (Å²) in [7, 11) is 0. The lowest BCUT2D eigenvalue weighted by Gasteiger charge is -2.18. The molecule has 0 bridgehead atoms. The van der Waals surface area contributed by atoms with Crippen LogP contribution in [0.1, 0.15) is 39.0 Å². The van der Waals surface area contributed by atoms with Gasteiger partial charge < -0.3 is 25.2 Å². The molecule has 2 atom stereocenters. The predicted molar refractivity (Wildman–Crippen MR) is 106 cm³/mol. The summed E-state index contributed by atoms with van der Waals surface area (Å²) in [4.78, 5) is 36.0. The number of ether oxygens (including phenoxy) is 2. The molecular weight excluding hydrogens is 364 g/mol. The zero-order valence-corrected chi connectivity index (χ0v) is 16.8. The molecular formula is C20H34N2O6. The minimum Gasteiger partial charge on any atom is -0.461 e. The van der Waals surface area contributed by atoms with E-state index in [4.69, 9.17) is 14.6 Å². The van der Waals surface area contributed by atoms with Gasteiger partial charge in [-0.1, -0.05) is 12.2 Å². The van der Waals surface area contributed by atoms with Crippen molar-refractivity contribution in [2.45, 2.75) is 45.1 Å². The number of allylic oxidation sites excluding steroid dienone is 2. The summed E-state index contributed by atoms with van der Waals surface area (Å²) in [5.74, 6) is -1.42. The van der Waals surface area contributed by atoms with Gasteiger partial charge in [-0.3, -0.25) is 14.4 Å². The van der Waals surface area contributed by atoms with Crippen molar-refractivity contribution in [3.8, 4) is 0 Å². The van der Waals surface area contributed by atoms with E-state index in [2.05, 4.69) is 23.8 Å². The molecule has 0 aromatic heterocycles. The fourth-order valence-corrected chi connectivity index (χ4v) is 2.31. The fourth-order valence-electron chi connectivity index (χ4n) is 2.31. The number of nitrogens with one attached hydrogen (secondary N) is 2. The Kier molecular flexibility index (Phi) is 15.6. The summed E-state index contributed by atoms with van der Waals surface area (Å²) in [5, 5.41) is 14.0. The summed E-state index contributed by atoms with van der Waals surface area (Å²) in [6.07, 6.45) is 5.00. The topological polar surface area (TPSA) is 114 Å². The number of aliphatic hydroxyl groups is 1. The Hall–Kier alpha value is -2.19. The van der Waals surface area contributed by atoms with Gasteiger partial charge in [0.05, 0.1) is 32.3 Å². The van der Waals surface area contributed by atoms with Crippen molar-refractivity contribution >= 4 is 17.8 Å². The Morgan fingerprint density at radius 2 is 1.89 bits per heavy atom. The molecule has 0 radical (unpaired) electrons. The molecule has 8 heteroatoms. The number of unbranched alkanes of at least 4 members (excludes halogenated alkanes) is 1. The predicted octanol–water partition coefficient (Wildman–Crippen LogP) is 1.10. The van der Waals surface area contributed by atoms with E-state index in [0.717, 1.165) is 6.42 Å². The van der Waals surface area contributed by atoms with Crippen LogP contribution in [-0.2, 0) is 23.9 Å². The maximum Gasteiger partial charge on any atom is 0.306 e. The first-order chi connectivity index (χ1) is 13.4. The molecule has 0 heterocycles. The van der Waals surface area contributed by atoms with Crippen molar-refractivity contribution in [2.75, 3.05) is 32.9 Å². The van der Waals surface area contributed by atoms with E-state index in [9.17, 15) is 14.4 Å². The molecule has 160 valence electrons. The normalized spacial score (nSPS) is 12.5. The maximum atomic E-state index is 12.3. The van der Waals surface area contributed by atoms with Gasteiger partial charge in [-0.05, 0) is 26.2 Å². The highest BCUT2D eigenvalue weighted by Gasteiger charge is 2.21. The van der Waals surface area contributed by atoms with Gasteiger partial charge in [0.25, 0.3) is 0 Å². The lowest BCUT2D eigenvalue weighted by molar-refractivity contribution is -0.148. The highest BCUT2D eigenvalue weighted by molar-refractivity contribution is 5.85. The zero-order valence-electron chi connectivity index (χ0n) is 16.8.